The number of hydrogen-bond donors (Lipinski definition) is 2. The molecule has 0 saturated carbocycles. The Labute approximate surface area is 219 Å². The molecule has 6 nitrogen and oxygen atoms in total. The fourth-order valence-electron chi connectivity index (χ4n) is 4.06. The van der Waals surface area contributed by atoms with Crippen molar-refractivity contribution in [2.24, 2.45) is 5.92 Å². The number of rotatable bonds is 12. The number of alkyl carbamates (subject to hydrolysis) is 1. The highest BCUT2D eigenvalue weighted by molar-refractivity contribution is 5.70. The van der Waals surface area contributed by atoms with Crippen LogP contribution >= 0.6 is 0 Å². The molecule has 3 rings (SSSR count). The van der Waals surface area contributed by atoms with Gasteiger partial charge in [-0.25, -0.2) is 4.79 Å². The van der Waals surface area contributed by atoms with E-state index in [-0.39, 0.29) is 6.04 Å². The molecule has 3 aromatic carbocycles. The summed E-state index contributed by atoms with van der Waals surface area (Å²) in [5.74, 6) is -0.614. The third-order valence-electron chi connectivity index (χ3n) is 5.91. The van der Waals surface area contributed by atoms with E-state index >= 15 is 0 Å². The van der Waals surface area contributed by atoms with Crippen molar-refractivity contribution in [3.63, 3.8) is 0 Å². The summed E-state index contributed by atoms with van der Waals surface area (Å²) >= 11 is 0. The minimum atomic E-state index is -0.834. The van der Waals surface area contributed by atoms with E-state index in [0.717, 1.165) is 22.4 Å². The molecule has 0 heterocycles. The standard InChI is InChI=1S/C31H37NO5/c1-31(2,3)37-30(35)32-27(17-16-26(29(33)34)20-23-10-6-4-7-11-23)21-24-14-18-28(19-15-24)36-22-25-12-8-5-9-13-25/h4-15,18-19,26-27H,16-17,20-22H2,1-3H3,(H,32,35)(H,33,34). The summed E-state index contributed by atoms with van der Waals surface area (Å²) in [5, 5.41) is 12.8. The Morgan fingerprint density at radius 3 is 1.92 bits per heavy atom. The van der Waals surface area contributed by atoms with Crippen LogP contribution in [0.5, 0.6) is 5.75 Å². The summed E-state index contributed by atoms with van der Waals surface area (Å²) in [4.78, 5) is 24.5. The number of carbonyl (C=O) groups excluding carboxylic acids is 1. The first-order chi connectivity index (χ1) is 17.7. The second-order valence-electron chi connectivity index (χ2n) is 10.3. The number of nitrogens with one attached hydrogen (secondary N) is 1. The topological polar surface area (TPSA) is 84.9 Å². The van der Waals surface area contributed by atoms with Crippen LogP contribution < -0.4 is 10.1 Å². The van der Waals surface area contributed by atoms with Gasteiger partial charge in [-0.3, -0.25) is 4.79 Å². The van der Waals surface area contributed by atoms with Crippen LogP contribution in [0.3, 0.4) is 0 Å². The van der Waals surface area contributed by atoms with Crippen molar-refractivity contribution in [2.75, 3.05) is 0 Å². The Balaban J connectivity index is 1.64. The van der Waals surface area contributed by atoms with Gasteiger partial charge in [0, 0.05) is 6.04 Å². The second kappa shape index (κ2) is 13.5. The summed E-state index contributed by atoms with van der Waals surface area (Å²) in [7, 11) is 0. The van der Waals surface area contributed by atoms with Crippen LogP contribution in [0.25, 0.3) is 0 Å². The molecule has 0 radical (unpaired) electrons. The highest BCUT2D eigenvalue weighted by Crippen LogP contribution is 2.20. The van der Waals surface area contributed by atoms with Crippen molar-refractivity contribution in [3.8, 4) is 5.75 Å². The molecule has 0 aliphatic rings. The quantitative estimate of drug-likeness (QED) is 0.298. The van der Waals surface area contributed by atoms with Crippen LogP contribution in [-0.2, 0) is 29.0 Å². The lowest BCUT2D eigenvalue weighted by Crippen LogP contribution is -2.40. The Kier molecular flexibility index (Phi) is 10.1. The SMILES string of the molecule is CC(C)(C)OC(=O)NC(CCC(Cc1ccccc1)C(=O)O)Cc1ccc(OCc2ccccc2)cc1. The molecule has 0 aliphatic heterocycles. The van der Waals surface area contributed by atoms with Gasteiger partial charge in [-0.05, 0) is 75.3 Å². The molecular weight excluding hydrogens is 466 g/mol. The molecule has 2 atom stereocenters. The van der Waals surface area contributed by atoms with Crippen LogP contribution in [0.4, 0.5) is 4.79 Å². The second-order valence-corrected chi connectivity index (χ2v) is 10.3. The Morgan fingerprint density at radius 1 is 0.784 bits per heavy atom. The Bertz CT molecular complexity index is 1110. The molecule has 0 saturated heterocycles. The van der Waals surface area contributed by atoms with Gasteiger partial charge < -0.3 is 19.9 Å². The molecule has 0 fully saturated rings. The minimum Gasteiger partial charge on any atom is -0.489 e. The zero-order valence-corrected chi connectivity index (χ0v) is 21.9. The first-order valence-electron chi connectivity index (χ1n) is 12.7. The van der Waals surface area contributed by atoms with E-state index in [9.17, 15) is 14.7 Å². The van der Waals surface area contributed by atoms with Gasteiger partial charge in [0.1, 0.15) is 18.0 Å². The summed E-state index contributed by atoms with van der Waals surface area (Å²) < 4.78 is 11.3. The predicted molar refractivity (Wildman–Crippen MR) is 145 cm³/mol. The summed E-state index contributed by atoms with van der Waals surface area (Å²) in [6.07, 6.45) is 1.44. The fourth-order valence-corrected chi connectivity index (χ4v) is 4.06. The average Bonchev–Trinajstić information content (AvgIpc) is 2.86. The van der Waals surface area contributed by atoms with E-state index in [0.29, 0.717) is 32.3 Å². The molecule has 0 aliphatic carbocycles. The van der Waals surface area contributed by atoms with Crippen molar-refractivity contribution >= 4 is 12.1 Å². The number of amides is 1. The maximum Gasteiger partial charge on any atom is 0.407 e. The number of carboxylic acid groups (broad SMARTS) is 1. The van der Waals surface area contributed by atoms with E-state index in [1.807, 2.05) is 106 Å². The molecule has 37 heavy (non-hydrogen) atoms. The van der Waals surface area contributed by atoms with Gasteiger partial charge in [-0.15, -0.1) is 0 Å². The van der Waals surface area contributed by atoms with Gasteiger partial charge in [-0.2, -0.15) is 0 Å². The third-order valence-corrected chi connectivity index (χ3v) is 5.91. The van der Waals surface area contributed by atoms with Crippen molar-refractivity contribution < 1.29 is 24.2 Å². The maximum atomic E-state index is 12.5. The predicted octanol–water partition coefficient (Wildman–Crippen LogP) is 6.43. The highest BCUT2D eigenvalue weighted by Gasteiger charge is 2.23. The molecule has 0 spiro atoms. The fraction of sp³-hybridized carbons (Fsp3) is 0.355. The molecule has 196 valence electrons. The van der Waals surface area contributed by atoms with Crippen LogP contribution in [0.15, 0.2) is 84.9 Å². The zero-order valence-electron chi connectivity index (χ0n) is 21.9. The van der Waals surface area contributed by atoms with Crippen LogP contribution in [-0.4, -0.2) is 28.8 Å². The van der Waals surface area contributed by atoms with Gasteiger partial charge in [-0.1, -0.05) is 72.8 Å². The lowest BCUT2D eigenvalue weighted by atomic mass is 9.91. The smallest absolute Gasteiger partial charge is 0.407 e. The number of aliphatic carboxylic acids is 1. The summed E-state index contributed by atoms with van der Waals surface area (Å²) in [6, 6.07) is 27.1. The number of carbonyl (C=O) groups is 2. The van der Waals surface area contributed by atoms with Gasteiger partial charge >= 0.3 is 12.1 Å². The van der Waals surface area contributed by atoms with E-state index in [1.54, 1.807) is 0 Å². The van der Waals surface area contributed by atoms with Crippen LogP contribution in [0, 0.1) is 5.92 Å². The molecular formula is C31H37NO5. The molecule has 2 N–H and O–H groups in total. The molecule has 0 bridgehead atoms. The summed E-state index contributed by atoms with van der Waals surface area (Å²) in [5.41, 5.74) is 2.47. The molecule has 1 amide bonds. The van der Waals surface area contributed by atoms with Gasteiger partial charge in [0.15, 0.2) is 0 Å². The van der Waals surface area contributed by atoms with Crippen molar-refractivity contribution in [2.45, 2.75) is 64.7 Å². The lowest BCUT2D eigenvalue weighted by Gasteiger charge is -2.25. The van der Waals surface area contributed by atoms with Crippen molar-refractivity contribution in [1.82, 2.24) is 5.32 Å². The maximum absolute atomic E-state index is 12.5. The molecule has 0 aromatic heterocycles. The minimum absolute atomic E-state index is 0.274. The Morgan fingerprint density at radius 2 is 1.35 bits per heavy atom. The molecule has 3 aromatic rings. The van der Waals surface area contributed by atoms with Crippen molar-refractivity contribution in [1.29, 1.82) is 0 Å². The van der Waals surface area contributed by atoms with Gasteiger partial charge in [0.05, 0.1) is 5.92 Å². The average molecular weight is 504 g/mol. The largest absolute Gasteiger partial charge is 0.489 e. The molecule has 6 heteroatoms. The number of hydrogen-bond acceptors (Lipinski definition) is 4. The normalized spacial score (nSPS) is 12.8. The number of benzene rings is 3. The van der Waals surface area contributed by atoms with E-state index in [2.05, 4.69) is 5.32 Å². The third kappa shape index (κ3) is 10.4. The van der Waals surface area contributed by atoms with Gasteiger partial charge in [0.2, 0.25) is 0 Å². The van der Waals surface area contributed by atoms with Crippen LogP contribution in [0.2, 0.25) is 0 Å². The lowest BCUT2D eigenvalue weighted by molar-refractivity contribution is -0.142. The van der Waals surface area contributed by atoms with Crippen LogP contribution in [0.1, 0.15) is 50.3 Å². The van der Waals surface area contributed by atoms with E-state index in [4.69, 9.17) is 9.47 Å². The van der Waals surface area contributed by atoms with E-state index in [1.165, 1.54) is 0 Å². The first-order valence-corrected chi connectivity index (χ1v) is 12.7. The number of carboxylic acids is 1. The zero-order chi connectivity index (χ0) is 26.7. The monoisotopic (exact) mass is 503 g/mol. The van der Waals surface area contributed by atoms with Crippen molar-refractivity contribution in [3.05, 3.63) is 102 Å². The van der Waals surface area contributed by atoms with E-state index < -0.39 is 23.6 Å². The van der Waals surface area contributed by atoms with Gasteiger partial charge in [0.25, 0.3) is 0 Å². The summed E-state index contributed by atoms with van der Waals surface area (Å²) in [6.45, 7) is 5.93. The Hall–Kier alpha value is -3.80. The first kappa shape index (κ1) is 27.8. The highest BCUT2D eigenvalue weighted by atomic mass is 16.6. The number of ether oxygens (including phenoxy) is 2. The molecule has 2 unspecified atom stereocenters.